The lowest BCUT2D eigenvalue weighted by Crippen LogP contribution is -1.67. The highest BCUT2D eigenvalue weighted by atomic mass is 14.7. The van der Waals surface area contributed by atoms with Crippen molar-refractivity contribution in [1.82, 2.24) is 4.98 Å². The van der Waals surface area contributed by atoms with E-state index in [0.717, 1.165) is 10.9 Å². The van der Waals surface area contributed by atoms with E-state index in [0.29, 0.717) is 5.69 Å². The van der Waals surface area contributed by atoms with Crippen molar-refractivity contribution in [3.05, 3.63) is 36.0 Å². The molecule has 0 aliphatic heterocycles. The summed E-state index contributed by atoms with van der Waals surface area (Å²) < 4.78 is 0. The second-order valence-corrected chi connectivity index (χ2v) is 2.38. The molecule has 0 saturated carbocycles. The first kappa shape index (κ1) is 9.34. The maximum Gasteiger partial charge on any atom is 0.118 e. The number of hydrogen-bond acceptors (Lipinski definition) is 1. The lowest BCUT2D eigenvalue weighted by molar-refractivity contribution is 1.37. The summed E-state index contributed by atoms with van der Waals surface area (Å²) in [4.78, 5) is 2.98. The molecular weight excluding hydrogens is 160 g/mol. The van der Waals surface area contributed by atoms with E-state index in [1.54, 1.807) is 0 Å². The van der Waals surface area contributed by atoms with Gasteiger partial charge in [0.25, 0.3) is 0 Å². The van der Waals surface area contributed by atoms with E-state index in [2.05, 4.69) is 11.1 Å². The molecule has 1 aromatic heterocycles. The number of nitriles is 1. The zero-order valence-corrected chi connectivity index (χ0v) is 7.83. The summed E-state index contributed by atoms with van der Waals surface area (Å²) in [5.74, 6) is 0. The average Bonchev–Trinajstić information content (AvgIpc) is 2.63. The molecule has 0 saturated heterocycles. The Bertz CT molecular complexity index is 393. The maximum atomic E-state index is 8.56. The lowest BCUT2D eigenvalue weighted by atomic mass is 10.2. The van der Waals surface area contributed by atoms with Gasteiger partial charge in [0, 0.05) is 12.3 Å². The standard InChI is InChI=1S/C9H6N2.C2H6.H2/c10-6-8-5-7-3-1-2-4-9(7)11-8;1-2;/h1-5,11H;1-2H3;1H. The van der Waals surface area contributed by atoms with Crippen LogP contribution in [0.2, 0.25) is 0 Å². The van der Waals surface area contributed by atoms with Crippen LogP contribution in [0.25, 0.3) is 10.9 Å². The van der Waals surface area contributed by atoms with E-state index in [1.165, 1.54) is 0 Å². The minimum atomic E-state index is 0. The maximum absolute atomic E-state index is 8.56. The molecule has 13 heavy (non-hydrogen) atoms. The minimum absolute atomic E-state index is 0. The number of fused-ring (bicyclic) bond motifs is 1. The largest absolute Gasteiger partial charge is 0.346 e. The van der Waals surface area contributed by atoms with Gasteiger partial charge in [-0.15, -0.1) is 0 Å². The van der Waals surface area contributed by atoms with Crippen LogP contribution in [-0.2, 0) is 0 Å². The second kappa shape index (κ2) is 4.32. The average molecular weight is 174 g/mol. The normalized spacial score (nSPS) is 8.69. The molecule has 0 atom stereocenters. The molecule has 2 aromatic rings. The van der Waals surface area contributed by atoms with Gasteiger partial charge in [-0.25, -0.2) is 0 Å². The molecule has 2 heteroatoms. The number of H-pyrrole nitrogens is 1. The Balaban J connectivity index is 0.000000531. The minimum Gasteiger partial charge on any atom is -0.346 e. The van der Waals surface area contributed by atoms with Gasteiger partial charge in [-0.05, 0) is 12.1 Å². The van der Waals surface area contributed by atoms with Crippen LogP contribution >= 0.6 is 0 Å². The monoisotopic (exact) mass is 174 g/mol. The Kier molecular flexibility index (Phi) is 3.10. The van der Waals surface area contributed by atoms with Crippen molar-refractivity contribution >= 4 is 10.9 Å². The topological polar surface area (TPSA) is 39.6 Å². The number of aromatic nitrogens is 1. The molecule has 0 aliphatic carbocycles. The number of nitrogens with zero attached hydrogens (tertiary/aromatic N) is 1. The molecule has 1 heterocycles. The van der Waals surface area contributed by atoms with Crippen molar-refractivity contribution in [1.29, 1.82) is 5.26 Å². The third-order valence-corrected chi connectivity index (χ3v) is 1.65. The summed E-state index contributed by atoms with van der Waals surface area (Å²) in [6, 6.07) is 11.7. The van der Waals surface area contributed by atoms with E-state index >= 15 is 0 Å². The fourth-order valence-corrected chi connectivity index (χ4v) is 1.13. The van der Waals surface area contributed by atoms with Crippen LogP contribution in [0.5, 0.6) is 0 Å². The smallest absolute Gasteiger partial charge is 0.118 e. The van der Waals surface area contributed by atoms with Gasteiger partial charge >= 0.3 is 0 Å². The summed E-state index contributed by atoms with van der Waals surface area (Å²) in [6.07, 6.45) is 0. The van der Waals surface area contributed by atoms with E-state index < -0.39 is 0 Å². The van der Waals surface area contributed by atoms with Crippen LogP contribution in [-0.4, -0.2) is 4.98 Å². The molecule has 0 spiro atoms. The number of hydrogen-bond donors (Lipinski definition) is 1. The Morgan fingerprint density at radius 3 is 2.62 bits per heavy atom. The first-order valence-electron chi connectivity index (χ1n) is 4.38. The van der Waals surface area contributed by atoms with Crippen LogP contribution in [0.1, 0.15) is 21.0 Å². The van der Waals surface area contributed by atoms with Crippen molar-refractivity contribution in [2.45, 2.75) is 13.8 Å². The van der Waals surface area contributed by atoms with Crippen LogP contribution in [0.4, 0.5) is 0 Å². The van der Waals surface area contributed by atoms with Gasteiger partial charge in [0.2, 0.25) is 0 Å². The Morgan fingerprint density at radius 2 is 2.00 bits per heavy atom. The van der Waals surface area contributed by atoms with Crippen molar-refractivity contribution in [2.75, 3.05) is 0 Å². The Hall–Kier alpha value is -1.75. The molecule has 1 N–H and O–H groups in total. The molecule has 2 rings (SSSR count). The molecule has 68 valence electrons. The van der Waals surface area contributed by atoms with Crippen molar-refractivity contribution in [3.8, 4) is 6.07 Å². The number of aromatic amines is 1. The predicted molar refractivity (Wildman–Crippen MR) is 56.5 cm³/mol. The van der Waals surface area contributed by atoms with E-state index in [-0.39, 0.29) is 1.43 Å². The van der Waals surface area contributed by atoms with E-state index in [4.69, 9.17) is 5.26 Å². The van der Waals surface area contributed by atoms with Gasteiger partial charge < -0.3 is 4.98 Å². The lowest BCUT2D eigenvalue weighted by Gasteiger charge is -1.83. The zero-order valence-electron chi connectivity index (χ0n) is 7.83. The number of para-hydroxylation sites is 1. The van der Waals surface area contributed by atoms with E-state index in [9.17, 15) is 0 Å². The molecule has 1 aromatic carbocycles. The molecule has 0 radical (unpaired) electrons. The van der Waals surface area contributed by atoms with Crippen LogP contribution in [0.3, 0.4) is 0 Å². The second-order valence-electron chi connectivity index (χ2n) is 2.38. The summed E-state index contributed by atoms with van der Waals surface area (Å²) in [5, 5.41) is 9.64. The summed E-state index contributed by atoms with van der Waals surface area (Å²) >= 11 is 0. The Morgan fingerprint density at radius 1 is 1.31 bits per heavy atom. The molecule has 0 aliphatic rings. The van der Waals surface area contributed by atoms with Crippen LogP contribution in [0, 0.1) is 11.3 Å². The first-order valence-corrected chi connectivity index (χ1v) is 4.38. The molecule has 0 fully saturated rings. The molecular formula is C11H14N2. The SMILES string of the molecule is CC.N#Cc1cc2ccccc2[nH]1.[HH]. The third-order valence-electron chi connectivity index (χ3n) is 1.65. The molecule has 0 unspecified atom stereocenters. The summed E-state index contributed by atoms with van der Waals surface area (Å²) in [7, 11) is 0. The quantitative estimate of drug-likeness (QED) is 0.653. The van der Waals surface area contributed by atoms with Crippen molar-refractivity contribution in [3.63, 3.8) is 0 Å². The van der Waals surface area contributed by atoms with Crippen molar-refractivity contribution in [2.24, 2.45) is 0 Å². The highest BCUT2D eigenvalue weighted by Gasteiger charge is 1.95. The third kappa shape index (κ3) is 1.88. The fraction of sp³-hybridized carbons (Fsp3) is 0.182. The van der Waals surface area contributed by atoms with Gasteiger partial charge in [-0.1, -0.05) is 32.0 Å². The number of rotatable bonds is 0. The highest BCUT2D eigenvalue weighted by molar-refractivity contribution is 5.80. The van der Waals surface area contributed by atoms with Crippen molar-refractivity contribution < 1.29 is 1.43 Å². The number of benzene rings is 1. The van der Waals surface area contributed by atoms with Gasteiger partial charge in [0.1, 0.15) is 11.8 Å². The first-order chi connectivity index (χ1) is 6.40. The van der Waals surface area contributed by atoms with Gasteiger partial charge in [0.15, 0.2) is 0 Å². The highest BCUT2D eigenvalue weighted by Crippen LogP contribution is 2.13. The van der Waals surface area contributed by atoms with Gasteiger partial charge in [0.05, 0.1) is 0 Å². The van der Waals surface area contributed by atoms with Gasteiger partial charge in [-0.3, -0.25) is 0 Å². The van der Waals surface area contributed by atoms with Gasteiger partial charge in [-0.2, -0.15) is 5.26 Å². The molecule has 0 amide bonds. The Labute approximate surface area is 79.3 Å². The van der Waals surface area contributed by atoms with Crippen LogP contribution in [0.15, 0.2) is 30.3 Å². The summed E-state index contributed by atoms with van der Waals surface area (Å²) in [6.45, 7) is 4.00. The van der Waals surface area contributed by atoms with E-state index in [1.807, 2.05) is 44.2 Å². The summed E-state index contributed by atoms with van der Waals surface area (Å²) in [5.41, 5.74) is 1.63. The zero-order chi connectivity index (χ0) is 9.68. The molecule has 0 bridgehead atoms. The van der Waals surface area contributed by atoms with Crippen LogP contribution < -0.4 is 0 Å². The fourth-order valence-electron chi connectivity index (χ4n) is 1.13. The predicted octanol–water partition coefficient (Wildman–Crippen LogP) is 3.31. The molecule has 2 nitrogen and oxygen atoms in total. The number of nitrogens with one attached hydrogen (secondary N) is 1.